The molecule has 0 aromatic heterocycles. The lowest BCUT2D eigenvalue weighted by Gasteiger charge is -2.23. The first kappa shape index (κ1) is 14.3. The van der Waals surface area contributed by atoms with Crippen LogP contribution in [0.5, 0.6) is 5.75 Å². The van der Waals surface area contributed by atoms with Crippen molar-refractivity contribution >= 4 is 11.6 Å². The smallest absolute Gasteiger partial charge is 0.310 e. The maximum absolute atomic E-state index is 11.7. The second-order valence-corrected chi connectivity index (χ2v) is 4.61. The molecule has 1 aromatic rings. The van der Waals surface area contributed by atoms with E-state index >= 15 is 0 Å². The summed E-state index contributed by atoms with van der Waals surface area (Å²) in [5.74, 6) is -0.145. The third kappa shape index (κ3) is 3.92. The van der Waals surface area contributed by atoms with Gasteiger partial charge >= 0.3 is 5.69 Å². The Labute approximate surface area is 116 Å². The molecule has 1 saturated heterocycles. The molecule has 1 amide bonds. The lowest BCUT2D eigenvalue weighted by atomic mass is 10.1. The Morgan fingerprint density at radius 2 is 2.10 bits per heavy atom. The Bertz CT molecular complexity index is 486. The molecule has 0 spiro atoms. The molecule has 1 aliphatic heterocycles. The molecule has 0 bridgehead atoms. The van der Waals surface area contributed by atoms with Crippen LogP contribution < -0.4 is 15.4 Å². The number of hydrogen-bond acceptors (Lipinski definition) is 5. The van der Waals surface area contributed by atoms with Crippen LogP contribution in [0.15, 0.2) is 24.3 Å². The SMILES string of the molecule is O=C(COc1ccccc1[N+](=O)[O-])NC1CCNCC1. The van der Waals surface area contributed by atoms with Gasteiger partial charge in [0.15, 0.2) is 12.4 Å². The van der Waals surface area contributed by atoms with Gasteiger partial charge in [0.1, 0.15) is 0 Å². The number of amides is 1. The zero-order valence-electron chi connectivity index (χ0n) is 11.0. The fourth-order valence-electron chi connectivity index (χ4n) is 2.11. The van der Waals surface area contributed by atoms with Gasteiger partial charge in [0.2, 0.25) is 0 Å². The summed E-state index contributed by atoms with van der Waals surface area (Å²) in [6.07, 6.45) is 1.77. The highest BCUT2D eigenvalue weighted by atomic mass is 16.6. The van der Waals surface area contributed by atoms with Crippen molar-refractivity contribution in [3.63, 3.8) is 0 Å². The second kappa shape index (κ2) is 6.85. The van der Waals surface area contributed by atoms with Gasteiger partial charge in [0.05, 0.1) is 4.92 Å². The molecule has 1 fully saturated rings. The average molecular weight is 279 g/mol. The maximum atomic E-state index is 11.7. The van der Waals surface area contributed by atoms with Crippen molar-refractivity contribution in [2.75, 3.05) is 19.7 Å². The van der Waals surface area contributed by atoms with E-state index in [0.29, 0.717) is 0 Å². The number of ether oxygens (including phenoxy) is 1. The second-order valence-electron chi connectivity index (χ2n) is 4.61. The third-order valence-corrected chi connectivity index (χ3v) is 3.12. The third-order valence-electron chi connectivity index (χ3n) is 3.12. The van der Waals surface area contributed by atoms with Crippen LogP contribution in [0.25, 0.3) is 0 Å². The number of benzene rings is 1. The Morgan fingerprint density at radius 3 is 2.80 bits per heavy atom. The minimum Gasteiger partial charge on any atom is -0.477 e. The molecular formula is C13H17N3O4. The molecule has 20 heavy (non-hydrogen) atoms. The molecule has 0 saturated carbocycles. The number of nitro benzene ring substituents is 1. The van der Waals surface area contributed by atoms with Crippen molar-refractivity contribution in [2.45, 2.75) is 18.9 Å². The van der Waals surface area contributed by atoms with E-state index in [1.165, 1.54) is 12.1 Å². The highest BCUT2D eigenvalue weighted by Gasteiger charge is 2.18. The molecule has 1 heterocycles. The van der Waals surface area contributed by atoms with Crippen LogP contribution in [0.2, 0.25) is 0 Å². The van der Waals surface area contributed by atoms with Crippen LogP contribution in [0.4, 0.5) is 5.69 Å². The Kier molecular flexibility index (Phi) is 4.89. The minimum absolute atomic E-state index is 0.109. The topological polar surface area (TPSA) is 93.5 Å². The first-order chi connectivity index (χ1) is 9.66. The Balaban J connectivity index is 1.85. The molecular weight excluding hydrogens is 262 g/mol. The Morgan fingerprint density at radius 1 is 1.40 bits per heavy atom. The van der Waals surface area contributed by atoms with Gasteiger partial charge < -0.3 is 15.4 Å². The molecule has 0 radical (unpaired) electrons. The van der Waals surface area contributed by atoms with Gasteiger partial charge in [-0.05, 0) is 32.0 Å². The van der Waals surface area contributed by atoms with Crippen molar-refractivity contribution in [2.24, 2.45) is 0 Å². The minimum atomic E-state index is -0.528. The van der Waals surface area contributed by atoms with Gasteiger partial charge in [-0.1, -0.05) is 12.1 Å². The number of carbonyl (C=O) groups excluding carboxylic acids is 1. The van der Waals surface area contributed by atoms with Crippen molar-refractivity contribution < 1.29 is 14.5 Å². The van der Waals surface area contributed by atoms with Crippen molar-refractivity contribution in [3.05, 3.63) is 34.4 Å². The highest BCUT2D eigenvalue weighted by molar-refractivity contribution is 5.78. The first-order valence-corrected chi connectivity index (χ1v) is 6.53. The number of nitrogens with zero attached hydrogens (tertiary/aromatic N) is 1. The first-order valence-electron chi connectivity index (χ1n) is 6.53. The molecule has 2 N–H and O–H groups in total. The van der Waals surface area contributed by atoms with E-state index in [9.17, 15) is 14.9 Å². The van der Waals surface area contributed by atoms with Crippen molar-refractivity contribution in [3.8, 4) is 5.75 Å². The zero-order valence-corrected chi connectivity index (χ0v) is 11.0. The van der Waals surface area contributed by atoms with Crippen LogP contribution >= 0.6 is 0 Å². The predicted molar refractivity (Wildman–Crippen MR) is 72.6 cm³/mol. The van der Waals surface area contributed by atoms with Gasteiger partial charge in [0, 0.05) is 12.1 Å². The molecule has 7 heteroatoms. The largest absolute Gasteiger partial charge is 0.477 e. The number of hydrogen-bond donors (Lipinski definition) is 2. The van der Waals surface area contributed by atoms with E-state index in [1.807, 2.05) is 0 Å². The van der Waals surface area contributed by atoms with Gasteiger partial charge in [-0.2, -0.15) is 0 Å². The van der Waals surface area contributed by atoms with Crippen LogP contribution in [0.3, 0.4) is 0 Å². The van der Waals surface area contributed by atoms with Crippen molar-refractivity contribution in [1.82, 2.24) is 10.6 Å². The van der Waals surface area contributed by atoms with Crippen LogP contribution in [-0.4, -0.2) is 36.6 Å². The van der Waals surface area contributed by atoms with Gasteiger partial charge in [-0.25, -0.2) is 0 Å². The normalized spacial score (nSPS) is 15.6. The molecule has 1 aromatic carbocycles. The van der Waals surface area contributed by atoms with E-state index in [4.69, 9.17) is 4.74 Å². The molecule has 0 unspecified atom stereocenters. The summed E-state index contributed by atoms with van der Waals surface area (Å²) in [5.41, 5.74) is -0.137. The standard InChI is InChI=1S/C13H17N3O4/c17-13(15-10-5-7-14-8-6-10)9-20-12-4-2-1-3-11(12)16(18)19/h1-4,10,14H,5-9H2,(H,15,17). The lowest BCUT2D eigenvalue weighted by molar-refractivity contribution is -0.385. The van der Waals surface area contributed by atoms with E-state index in [2.05, 4.69) is 10.6 Å². The molecule has 7 nitrogen and oxygen atoms in total. The number of rotatable bonds is 5. The molecule has 2 rings (SSSR count). The van der Waals surface area contributed by atoms with E-state index < -0.39 is 4.92 Å². The van der Waals surface area contributed by atoms with Gasteiger partial charge in [-0.3, -0.25) is 14.9 Å². The highest BCUT2D eigenvalue weighted by Crippen LogP contribution is 2.25. The maximum Gasteiger partial charge on any atom is 0.310 e. The number of para-hydroxylation sites is 2. The fraction of sp³-hybridized carbons (Fsp3) is 0.462. The Hall–Kier alpha value is -2.15. The van der Waals surface area contributed by atoms with E-state index in [1.54, 1.807) is 12.1 Å². The molecule has 1 aliphatic rings. The van der Waals surface area contributed by atoms with Crippen LogP contribution in [0.1, 0.15) is 12.8 Å². The summed E-state index contributed by atoms with van der Waals surface area (Å²) in [6, 6.07) is 6.17. The number of nitrogens with one attached hydrogen (secondary N) is 2. The summed E-state index contributed by atoms with van der Waals surface area (Å²) >= 11 is 0. The summed E-state index contributed by atoms with van der Waals surface area (Å²) in [6.45, 7) is 1.56. The molecule has 0 aliphatic carbocycles. The van der Waals surface area contributed by atoms with Gasteiger partial charge in [-0.15, -0.1) is 0 Å². The van der Waals surface area contributed by atoms with Crippen LogP contribution in [0, 0.1) is 10.1 Å². The average Bonchev–Trinajstić information content (AvgIpc) is 2.46. The summed E-state index contributed by atoms with van der Waals surface area (Å²) < 4.78 is 5.23. The molecule has 0 atom stereocenters. The summed E-state index contributed by atoms with van der Waals surface area (Å²) in [7, 11) is 0. The van der Waals surface area contributed by atoms with E-state index in [0.717, 1.165) is 25.9 Å². The summed E-state index contributed by atoms with van der Waals surface area (Å²) in [5, 5.41) is 16.9. The number of nitro groups is 1. The zero-order chi connectivity index (χ0) is 14.4. The quantitative estimate of drug-likeness (QED) is 0.615. The van der Waals surface area contributed by atoms with E-state index in [-0.39, 0.29) is 30.0 Å². The summed E-state index contributed by atoms with van der Waals surface area (Å²) in [4.78, 5) is 22.0. The van der Waals surface area contributed by atoms with Crippen molar-refractivity contribution in [1.29, 1.82) is 0 Å². The number of piperidine rings is 1. The van der Waals surface area contributed by atoms with Gasteiger partial charge in [0.25, 0.3) is 5.91 Å². The lowest BCUT2D eigenvalue weighted by Crippen LogP contribution is -2.44. The fourth-order valence-corrected chi connectivity index (χ4v) is 2.11. The molecule has 108 valence electrons. The van der Waals surface area contributed by atoms with Crippen LogP contribution in [-0.2, 0) is 4.79 Å². The predicted octanol–water partition coefficient (Wildman–Crippen LogP) is 0.842. The number of carbonyl (C=O) groups is 1. The monoisotopic (exact) mass is 279 g/mol.